The molecule has 1 unspecified atom stereocenters. The molecule has 0 aliphatic carbocycles. The number of hydroxylamine groups is 1. The number of ether oxygens (including phenoxy) is 1. The van der Waals surface area contributed by atoms with Gasteiger partial charge in [-0.2, -0.15) is 10.6 Å². The van der Waals surface area contributed by atoms with Crippen LogP contribution in [-0.2, 0) is 4.79 Å². The van der Waals surface area contributed by atoms with Gasteiger partial charge in [-0.05, 0) is 31.2 Å². The van der Waals surface area contributed by atoms with Gasteiger partial charge in [-0.15, -0.1) is 0 Å². The number of methoxy groups -OCH3 is 1. The highest BCUT2D eigenvalue weighted by molar-refractivity contribution is 6.23. The van der Waals surface area contributed by atoms with Crippen LogP contribution < -0.4 is 10.2 Å². The van der Waals surface area contributed by atoms with Gasteiger partial charge in [-0.25, -0.2) is 5.01 Å². The van der Waals surface area contributed by atoms with Crippen LogP contribution in [0.3, 0.4) is 0 Å². The minimum Gasteiger partial charge on any atom is -0.497 e. The number of carbonyl (C=O) groups excluding carboxylic acids is 1. The number of amides is 1. The lowest BCUT2D eigenvalue weighted by molar-refractivity contribution is -0.134. The first-order valence-electron chi connectivity index (χ1n) is 5.46. The second-order valence-corrected chi connectivity index (χ2v) is 4.24. The molecule has 1 amide bonds. The normalized spacial score (nSPS) is 23.2. The number of benzene rings is 1. The van der Waals surface area contributed by atoms with Gasteiger partial charge in [0.1, 0.15) is 5.75 Å². The molecule has 1 aliphatic rings. The summed E-state index contributed by atoms with van der Waals surface area (Å²) in [4.78, 5) is 11.9. The van der Waals surface area contributed by atoms with Crippen molar-refractivity contribution in [1.82, 2.24) is 10.5 Å². The van der Waals surface area contributed by atoms with E-state index in [0.29, 0.717) is 5.71 Å². The van der Waals surface area contributed by atoms with Crippen molar-refractivity contribution >= 4 is 11.6 Å². The number of nitrogens with one attached hydrogen (secondary N) is 1. The van der Waals surface area contributed by atoms with E-state index in [1.165, 1.54) is 5.01 Å². The summed E-state index contributed by atoms with van der Waals surface area (Å²) >= 11 is 0. The molecule has 1 atom stereocenters. The van der Waals surface area contributed by atoms with Crippen LogP contribution in [0.1, 0.15) is 12.5 Å². The van der Waals surface area contributed by atoms with Crippen molar-refractivity contribution in [2.75, 3.05) is 14.2 Å². The lowest BCUT2D eigenvalue weighted by Crippen LogP contribution is -2.53. The molecule has 18 heavy (non-hydrogen) atoms. The molecule has 1 aromatic carbocycles. The van der Waals surface area contributed by atoms with Crippen molar-refractivity contribution in [3.05, 3.63) is 29.8 Å². The van der Waals surface area contributed by atoms with Crippen LogP contribution in [0.25, 0.3) is 0 Å². The number of hydrazone groups is 1. The van der Waals surface area contributed by atoms with Gasteiger partial charge in [0.2, 0.25) is 0 Å². The highest BCUT2D eigenvalue weighted by Gasteiger charge is 2.46. The molecule has 1 aromatic rings. The van der Waals surface area contributed by atoms with E-state index in [0.717, 1.165) is 11.3 Å². The summed E-state index contributed by atoms with van der Waals surface area (Å²) in [6, 6.07) is 7.14. The largest absolute Gasteiger partial charge is 0.497 e. The highest BCUT2D eigenvalue weighted by atomic mass is 16.5. The van der Waals surface area contributed by atoms with E-state index >= 15 is 0 Å². The fraction of sp³-hybridized carbons (Fsp3) is 0.333. The Kier molecular flexibility index (Phi) is 3.06. The molecule has 0 saturated heterocycles. The summed E-state index contributed by atoms with van der Waals surface area (Å²) in [5.74, 6) is 0.409. The summed E-state index contributed by atoms with van der Waals surface area (Å²) in [6.45, 7) is 1.59. The SMILES string of the molecule is COc1ccc(C2=NN(C)C(=O)C2(C)NO)cc1. The number of likely N-dealkylation sites (N-methyl/N-ethyl adjacent to an activating group) is 1. The maximum atomic E-state index is 11.9. The van der Waals surface area contributed by atoms with E-state index < -0.39 is 5.54 Å². The van der Waals surface area contributed by atoms with Crippen molar-refractivity contribution in [3.63, 3.8) is 0 Å². The van der Waals surface area contributed by atoms with Gasteiger partial charge >= 0.3 is 0 Å². The van der Waals surface area contributed by atoms with Gasteiger partial charge in [-0.1, -0.05) is 0 Å². The molecule has 0 fully saturated rings. The van der Waals surface area contributed by atoms with Crippen molar-refractivity contribution in [3.8, 4) is 5.75 Å². The Morgan fingerprint density at radius 2 is 2.00 bits per heavy atom. The Morgan fingerprint density at radius 1 is 1.39 bits per heavy atom. The standard InChI is InChI=1S/C12H15N3O3/c1-12(14-17)10(13-15(2)11(12)16)8-4-6-9(18-3)7-5-8/h4-7,14,17H,1-3H3. The Bertz CT molecular complexity index is 498. The molecular weight excluding hydrogens is 234 g/mol. The first kappa shape index (κ1) is 12.5. The molecule has 0 aromatic heterocycles. The summed E-state index contributed by atoms with van der Waals surface area (Å²) in [5, 5.41) is 14.6. The maximum Gasteiger partial charge on any atom is 0.270 e. The van der Waals surface area contributed by atoms with Crippen molar-refractivity contribution in [2.45, 2.75) is 12.5 Å². The van der Waals surface area contributed by atoms with Gasteiger partial charge in [-0.3, -0.25) is 4.79 Å². The maximum absolute atomic E-state index is 11.9. The zero-order chi connectivity index (χ0) is 13.3. The van der Waals surface area contributed by atoms with Gasteiger partial charge < -0.3 is 9.94 Å². The average molecular weight is 249 g/mol. The van der Waals surface area contributed by atoms with Crippen LogP contribution >= 0.6 is 0 Å². The Morgan fingerprint density at radius 3 is 2.50 bits per heavy atom. The summed E-state index contributed by atoms with van der Waals surface area (Å²) < 4.78 is 5.07. The van der Waals surface area contributed by atoms with Crippen molar-refractivity contribution in [1.29, 1.82) is 0 Å². The second kappa shape index (κ2) is 4.40. The number of nitrogens with zero attached hydrogens (tertiary/aromatic N) is 2. The molecule has 1 aliphatic heterocycles. The van der Waals surface area contributed by atoms with Crippen LogP contribution in [0.4, 0.5) is 0 Å². The summed E-state index contributed by atoms with van der Waals surface area (Å²) in [7, 11) is 3.13. The van der Waals surface area contributed by atoms with Gasteiger partial charge in [0.25, 0.3) is 5.91 Å². The zero-order valence-electron chi connectivity index (χ0n) is 10.5. The molecule has 0 bridgehead atoms. The fourth-order valence-corrected chi connectivity index (χ4v) is 1.92. The number of hydrogen-bond donors (Lipinski definition) is 2. The van der Waals surface area contributed by atoms with E-state index in [1.54, 1.807) is 45.3 Å². The fourth-order valence-electron chi connectivity index (χ4n) is 1.92. The summed E-state index contributed by atoms with van der Waals surface area (Å²) in [6.07, 6.45) is 0. The van der Waals surface area contributed by atoms with Crippen LogP contribution in [-0.4, -0.2) is 41.5 Å². The van der Waals surface area contributed by atoms with E-state index in [-0.39, 0.29) is 5.91 Å². The molecule has 0 radical (unpaired) electrons. The molecular formula is C12H15N3O3. The summed E-state index contributed by atoms with van der Waals surface area (Å²) in [5.41, 5.74) is 2.05. The number of carbonyl (C=O) groups is 1. The first-order valence-corrected chi connectivity index (χ1v) is 5.46. The lowest BCUT2D eigenvalue weighted by Gasteiger charge is -2.21. The highest BCUT2D eigenvalue weighted by Crippen LogP contribution is 2.24. The van der Waals surface area contributed by atoms with E-state index in [1.807, 2.05) is 5.48 Å². The topological polar surface area (TPSA) is 74.2 Å². The third-order valence-corrected chi connectivity index (χ3v) is 3.03. The van der Waals surface area contributed by atoms with Crippen LogP contribution in [0.15, 0.2) is 29.4 Å². The Hall–Kier alpha value is -1.92. The van der Waals surface area contributed by atoms with Crippen molar-refractivity contribution in [2.24, 2.45) is 5.10 Å². The monoisotopic (exact) mass is 249 g/mol. The Labute approximate surface area is 105 Å². The van der Waals surface area contributed by atoms with Crippen LogP contribution in [0.2, 0.25) is 0 Å². The molecule has 6 nitrogen and oxygen atoms in total. The van der Waals surface area contributed by atoms with Crippen LogP contribution in [0, 0.1) is 0 Å². The number of rotatable bonds is 3. The van der Waals surface area contributed by atoms with E-state index in [9.17, 15) is 10.0 Å². The molecule has 2 N–H and O–H groups in total. The third kappa shape index (κ3) is 1.75. The molecule has 1 heterocycles. The first-order chi connectivity index (χ1) is 8.52. The molecule has 0 saturated carbocycles. The molecule has 6 heteroatoms. The second-order valence-electron chi connectivity index (χ2n) is 4.24. The Balaban J connectivity index is 2.42. The van der Waals surface area contributed by atoms with Crippen molar-refractivity contribution < 1.29 is 14.7 Å². The molecule has 96 valence electrons. The lowest BCUT2D eigenvalue weighted by atomic mass is 9.91. The smallest absolute Gasteiger partial charge is 0.270 e. The van der Waals surface area contributed by atoms with Gasteiger partial charge in [0.15, 0.2) is 5.54 Å². The van der Waals surface area contributed by atoms with Gasteiger partial charge in [0, 0.05) is 12.6 Å². The third-order valence-electron chi connectivity index (χ3n) is 3.03. The van der Waals surface area contributed by atoms with Gasteiger partial charge in [0.05, 0.1) is 12.8 Å². The quantitative estimate of drug-likeness (QED) is 0.770. The van der Waals surface area contributed by atoms with E-state index in [2.05, 4.69) is 5.10 Å². The number of hydrogen-bond acceptors (Lipinski definition) is 5. The van der Waals surface area contributed by atoms with Crippen LogP contribution in [0.5, 0.6) is 5.75 Å². The molecule has 2 rings (SSSR count). The average Bonchev–Trinajstić information content (AvgIpc) is 2.64. The van der Waals surface area contributed by atoms with E-state index in [4.69, 9.17) is 4.74 Å². The predicted molar refractivity (Wildman–Crippen MR) is 65.6 cm³/mol. The minimum atomic E-state index is -1.22. The predicted octanol–water partition coefficient (Wildman–Crippen LogP) is 0.609. The zero-order valence-corrected chi connectivity index (χ0v) is 10.5. The minimum absolute atomic E-state index is 0.309. The molecule has 0 spiro atoms.